The number of halogens is 2. The van der Waals surface area contributed by atoms with Gasteiger partial charge in [0.05, 0.1) is 28.3 Å². The Labute approximate surface area is 227 Å². The monoisotopic (exact) mass is 636 g/mol. The summed E-state index contributed by atoms with van der Waals surface area (Å²) in [7, 11) is 1.43. The molecular formula is C25H22FIN4O5S. The lowest BCUT2D eigenvalue weighted by atomic mass is 10.2. The quantitative estimate of drug-likeness (QED) is 0.255. The van der Waals surface area contributed by atoms with E-state index in [9.17, 15) is 18.9 Å². The van der Waals surface area contributed by atoms with Crippen LogP contribution < -0.4 is 26.3 Å². The highest BCUT2D eigenvalue weighted by molar-refractivity contribution is 14.1. The maximum Gasteiger partial charge on any atom is 0.337 e. The maximum absolute atomic E-state index is 15.2. The van der Waals surface area contributed by atoms with Crippen LogP contribution in [0.25, 0.3) is 16.7 Å². The number of anilines is 1. The summed E-state index contributed by atoms with van der Waals surface area (Å²) >= 11 is 0.635. The number of aromatic nitrogens is 3. The van der Waals surface area contributed by atoms with E-state index in [1.54, 1.807) is 30.3 Å². The lowest BCUT2D eigenvalue weighted by Crippen LogP contribution is -2.41. The Hall–Kier alpha value is -3.10. The highest BCUT2D eigenvalue weighted by Gasteiger charge is 2.32. The molecule has 1 aliphatic rings. The first kappa shape index (κ1) is 25.5. The Bertz CT molecular complexity index is 1740. The molecule has 0 bridgehead atoms. The van der Waals surface area contributed by atoms with Crippen molar-refractivity contribution in [2.75, 3.05) is 11.0 Å². The fourth-order valence-corrected chi connectivity index (χ4v) is 5.24. The van der Waals surface area contributed by atoms with Crippen molar-refractivity contribution in [3.05, 3.63) is 88.6 Å². The average molecular weight is 636 g/mol. The maximum atomic E-state index is 15.2. The van der Waals surface area contributed by atoms with Gasteiger partial charge < -0.3 is 9.29 Å². The van der Waals surface area contributed by atoms with E-state index in [1.807, 2.05) is 22.6 Å². The number of nitrogens with one attached hydrogen (secondary N) is 1. The summed E-state index contributed by atoms with van der Waals surface area (Å²) in [6.07, 6.45) is 2.76. The Kier molecular flexibility index (Phi) is 6.66. The minimum absolute atomic E-state index is 0.0125. The van der Waals surface area contributed by atoms with Crippen molar-refractivity contribution in [3.8, 4) is 17.2 Å². The molecule has 1 fully saturated rings. The van der Waals surface area contributed by atoms with Crippen LogP contribution in [0.2, 0.25) is 0 Å². The first-order valence-corrected chi connectivity index (χ1v) is 14.0. The molecule has 4 aromatic rings. The van der Waals surface area contributed by atoms with Crippen molar-refractivity contribution < 1.29 is 13.7 Å². The number of rotatable bonds is 6. The third-order valence-corrected chi connectivity index (χ3v) is 7.35. The topological polar surface area (TPSA) is 110 Å². The number of ether oxygens (including phenoxy) is 1. The molecular weight excluding hydrogens is 614 g/mol. The second-order valence-electron chi connectivity index (χ2n) is 8.82. The number of aryl methyl sites for hydroxylation is 1. The number of fused-ring (bicyclic) bond motifs is 1. The second kappa shape index (κ2) is 9.65. The van der Waals surface area contributed by atoms with Crippen LogP contribution in [0.5, 0.6) is 11.5 Å². The predicted molar refractivity (Wildman–Crippen MR) is 149 cm³/mol. The summed E-state index contributed by atoms with van der Waals surface area (Å²) < 4.78 is 39.7. The van der Waals surface area contributed by atoms with E-state index >= 15 is 4.39 Å². The van der Waals surface area contributed by atoms with E-state index in [0.717, 1.165) is 9.13 Å². The van der Waals surface area contributed by atoms with Crippen LogP contribution in [0.4, 0.5) is 10.1 Å². The molecule has 0 spiro atoms. The SMILES string of the molecule is Cc1c(Oc2cccc(N[S+](C)[O-])c2)c2c(=O)n(C3CC3)c(=O)n(-c3ccc(I)cc3F)c2n(C)c1=O. The molecule has 2 aromatic heterocycles. The van der Waals surface area contributed by atoms with Crippen molar-refractivity contribution in [1.29, 1.82) is 0 Å². The lowest BCUT2D eigenvalue weighted by molar-refractivity contribution is 0.480. The van der Waals surface area contributed by atoms with E-state index in [4.69, 9.17) is 4.74 Å². The summed E-state index contributed by atoms with van der Waals surface area (Å²) in [4.78, 5) is 40.7. The zero-order valence-corrected chi connectivity index (χ0v) is 23.1. The predicted octanol–water partition coefficient (Wildman–Crippen LogP) is 3.74. The third-order valence-electron chi connectivity index (χ3n) is 6.15. The normalized spacial score (nSPS) is 14.1. The first-order chi connectivity index (χ1) is 17.6. The van der Waals surface area contributed by atoms with Crippen LogP contribution in [0.15, 0.2) is 56.8 Å². The van der Waals surface area contributed by atoms with Gasteiger partial charge in [-0.2, -0.15) is 0 Å². The van der Waals surface area contributed by atoms with E-state index < -0.39 is 34.0 Å². The molecule has 1 unspecified atom stereocenters. The van der Waals surface area contributed by atoms with E-state index in [2.05, 4.69) is 4.72 Å². The molecule has 9 nitrogen and oxygen atoms in total. The number of hydrogen-bond donors (Lipinski definition) is 1. The summed E-state index contributed by atoms with van der Waals surface area (Å²) in [5.74, 6) is -0.409. The van der Waals surface area contributed by atoms with Crippen molar-refractivity contribution in [3.63, 3.8) is 0 Å². The molecule has 2 aromatic carbocycles. The van der Waals surface area contributed by atoms with Crippen LogP contribution in [0.3, 0.4) is 0 Å². The molecule has 192 valence electrons. The molecule has 2 heterocycles. The van der Waals surface area contributed by atoms with Crippen LogP contribution in [-0.2, 0) is 18.4 Å². The first-order valence-electron chi connectivity index (χ1n) is 11.3. The Morgan fingerprint density at radius 3 is 2.51 bits per heavy atom. The second-order valence-corrected chi connectivity index (χ2v) is 11.2. The van der Waals surface area contributed by atoms with Crippen LogP contribution in [0.1, 0.15) is 24.4 Å². The number of nitrogens with zero attached hydrogens (tertiary/aromatic N) is 3. The molecule has 12 heteroatoms. The van der Waals surface area contributed by atoms with Gasteiger partial charge in [0.2, 0.25) is 0 Å². The van der Waals surface area contributed by atoms with Gasteiger partial charge in [0, 0.05) is 22.7 Å². The number of benzene rings is 2. The fraction of sp³-hybridized carbons (Fsp3) is 0.240. The number of hydrogen-bond acceptors (Lipinski definition) is 6. The zero-order chi connectivity index (χ0) is 26.6. The summed E-state index contributed by atoms with van der Waals surface area (Å²) in [5.41, 5.74) is -1.32. The molecule has 37 heavy (non-hydrogen) atoms. The van der Waals surface area contributed by atoms with E-state index in [-0.39, 0.29) is 39.8 Å². The molecule has 0 saturated heterocycles. The van der Waals surface area contributed by atoms with Crippen molar-refractivity contribution in [2.24, 2.45) is 7.05 Å². The molecule has 0 radical (unpaired) electrons. The van der Waals surface area contributed by atoms with Crippen LogP contribution in [-0.4, -0.2) is 24.5 Å². The smallest absolute Gasteiger partial charge is 0.337 e. The van der Waals surface area contributed by atoms with Gasteiger partial charge in [0.15, 0.2) is 5.75 Å². The third kappa shape index (κ3) is 4.57. The largest absolute Gasteiger partial charge is 0.593 e. The molecule has 5 rings (SSSR count). The van der Waals surface area contributed by atoms with Gasteiger partial charge in [-0.15, -0.1) is 0 Å². The minimum atomic E-state index is -1.33. The minimum Gasteiger partial charge on any atom is -0.593 e. The Balaban J connectivity index is 1.87. The van der Waals surface area contributed by atoms with Crippen molar-refractivity contribution in [1.82, 2.24) is 13.7 Å². The zero-order valence-electron chi connectivity index (χ0n) is 20.1. The lowest BCUT2D eigenvalue weighted by Gasteiger charge is -2.20. The van der Waals surface area contributed by atoms with Gasteiger partial charge in [-0.1, -0.05) is 6.07 Å². The summed E-state index contributed by atoms with van der Waals surface area (Å²) in [6, 6.07) is 10.6. The van der Waals surface area contributed by atoms with Gasteiger partial charge >= 0.3 is 5.69 Å². The summed E-state index contributed by atoms with van der Waals surface area (Å²) in [5, 5.41) is -0.0125. The molecule has 0 aliphatic heterocycles. The Morgan fingerprint density at radius 2 is 1.86 bits per heavy atom. The van der Waals surface area contributed by atoms with Gasteiger partial charge in [0.25, 0.3) is 11.1 Å². The molecule has 1 aliphatic carbocycles. The highest BCUT2D eigenvalue weighted by atomic mass is 127. The van der Waals surface area contributed by atoms with Crippen LogP contribution >= 0.6 is 22.6 Å². The van der Waals surface area contributed by atoms with Crippen molar-refractivity contribution in [2.45, 2.75) is 25.8 Å². The molecule has 1 saturated carbocycles. The van der Waals surface area contributed by atoms with Crippen LogP contribution in [0, 0.1) is 16.3 Å². The average Bonchev–Trinajstić information content (AvgIpc) is 3.66. The molecule has 1 N–H and O–H groups in total. The van der Waals surface area contributed by atoms with Gasteiger partial charge in [-0.3, -0.25) is 18.7 Å². The van der Waals surface area contributed by atoms with Crippen molar-refractivity contribution >= 4 is 50.7 Å². The van der Waals surface area contributed by atoms with Gasteiger partial charge in [-0.25, -0.2) is 18.5 Å². The summed E-state index contributed by atoms with van der Waals surface area (Å²) in [6.45, 7) is 1.53. The van der Waals surface area contributed by atoms with E-state index in [0.29, 0.717) is 22.1 Å². The van der Waals surface area contributed by atoms with E-state index in [1.165, 1.54) is 36.9 Å². The number of pyridine rings is 1. The fourth-order valence-electron chi connectivity index (χ4n) is 4.33. The Morgan fingerprint density at radius 1 is 1.14 bits per heavy atom. The van der Waals surface area contributed by atoms with Gasteiger partial charge in [-0.05, 0) is 72.7 Å². The molecule has 1 atom stereocenters. The molecule has 0 amide bonds. The van der Waals surface area contributed by atoms with Gasteiger partial charge in [0.1, 0.15) is 28.9 Å². The highest BCUT2D eigenvalue weighted by Crippen LogP contribution is 2.35. The standard InChI is InChI=1S/C25H22FIN4O5S/c1-13-21(36-17-6-4-5-15(12-17)28-37(3)35)20-22(29(2)23(13)32)31(19-10-7-14(27)11-18(19)26)25(34)30(24(20)33)16-8-9-16/h4-7,10-12,16,28H,8-9H2,1-3H3.